The van der Waals surface area contributed by atoms with Crippen LogP contribution in [0, 0.1) is 0 Å². The van der Waals surface area contributed by atoms with Crippen molar-refractivity contribution in [1.29, 1.82) is 0 Å². The van der Waals surface area contributed by atoms with Crippen molar-refractivity contribution in [2.75, 3.05) is 19.8 Å². The third kappa shape index (κ3) is 16.0. The predicted octanol–water partition coefficient (Wildman–Crippen LogP) is 7.20. The lowest BCUT2D eigenvalue weighted by atomic mass is 9.96. The first-order valence-corrected chi connectivity index (χ1v) is 17.8. The molecule has 2 aromatic carbocycles. The summed E-state index contributed by atoms with van der Waals surface area (Å²) >= 11 is 17.3. The van der Waals surface area contributed by atoms with Gasteiger partial charge in [-0.1, -0.05) is 141 Å². The lowest BCUT2D eigenvalue weighted by Gasteiger charge is -2.44. The van der Waals surface area contributed by atoms with Gasteiger partial charge in [0.05, 0.1) is 39.0 Å². The molecule has 0 aromatic heterocycles. The average molecular weight is 745 g/mol. The van der Waals surface area contributed by atoms with E-state index in [0.29, 0.717) is 13.0 Å². The van der Waals surface area contributed by atoms with Crippen molar-refractivity contribution >= 4 is 46.9 Å². The molecule has 2 aromatic rings. The zero-order valence-corrected chi connectivity index (χ0v) is 30.1. The van der Waals surface area contributed by atoms with Crippen LogP contribution in [0.3, 0.4) is 0 Å². The molecule has 0 aliphatic carbocycles. The first-order valence-electron chi connectivity index (χ1n) is 16.6. The molecule has 1 aliphatic heterocycles. The van der Waals surface area contributed by atoms with Crippen molar-refractivity contribution in [2.24, 2.45) is 0 Å². The number of amides is 1. The fraction of sp³-hybridized carbons (Fsp3) is 0.556. The van der Waals surface area contributed by atoms with Crippen molar-refractivity contribution in [3.05, 3.63) is 84.4 Å². The highest BCUT2D eigenvalue weighted by Crippen LogP contribution is 2.28. The summed E-state index contributed by atoms with van der Waals surface area (Å²) in [5, 5.41) is 14.1. The van der Waals surface area contributed by atoms with E-state index in [2.05, 4.69) is 18.8 Å². The third-order valence-corrected chi connectivity index (χ3v) is 8.04. The normalized spacial score (nSPS) is 21.4. The minimum absolute atomic E-state index is 0.0217. The van der Waals surface area contributed by atoms with Crippen LogP contribution in [0.1, 0.15) is 63.0 Å². The number of alkyl halides is 3. The van der Waals surface area contributed by atoms with Gasteiger partial charge < -0.3 is 38.8 Å². The van der Waals surface area contributed by atoms with E-state index in [0.717, 1.165) is 43.2 Å². The molecule has 1 amide bonds. The van der Waals surface area contributed by atoms with Crippen molar-refractivity contribution < 1.29 is 43.1 Å². The average Bonchev–Trinajstić information content (AvgIpc) is 3.08. The summed E-state index contributed by atoms with van der Waals surface area (Å²) in [7, 11) is 0. The van der Waals surface area contributed by atoms with E-state index in [1.54, 1.807) is 0 Å². The van der Waals surface area contributed by atoms with Crippen molar-refractivity contribution in [1.82, 2.24) is 5.32 Å². The molecule has 0 saturated carbocycles. The highest BCUT2D eigenvalue weighted by molar-refractivity contribution is 6.67. The van der Waals surface area contributed by atoms with Crippen LogP contribution >= 0.6 is 34.8 Å². The number of carbonyl (C=O) groups excluding carboxylic acids is 2. The molecular formula is C36H48Cl3NO9. The Morgan fingerprint density at radius 1 is 1.00 bits per heavy atom. The van der Waals surface area contributed by atoms with Gasteiger partial charge in [0.1, 0.15) is 24.9 Å². The van der Waals surface area contributed by atoms with Crippen molar-refractivity contribution in [2.45, 2.75) is 106 Å². The summed E-state index contributed by atoms with van der Waals surface area (Å²) in [6.45, 7) is 5.80. The SMILES string of the molecule is C=CCO[C@H]1O[C@H](COCc2ccccc2)[C@@H](O)[C@H](OC(=O)C[C@@H](CCCCCCC)OCc2ccccc2)[C@H]1NC(=O)OCC(Cl)(Cl)Cl. The number of benzene rings is 2. The number of rotatable bonds is 21. The van der Waals surface area contributed by atoms with E-state index in [-0.39, 0.29) is 26.2 Å². The molecule has 0 radical (unpaired) electrons. The Morgan fingerprint density at radius 2 is 1.65 bits per heavy atom. The van der Waals surface area contributed by atoms with Crippen molar-refractivity contribution in [3.8, 4) is 0 Å². The number of unbranched alkanes of at least 4 members (excludes halogenated alkanes) is 4. The van der Waals surface area contributed by atoms with Crippen LogP contribution in [0.25, 0.3) is 0 Å². The first-order chi connectivity index (χ1) is 23.6. The summed E-state index contributed by atoms with van der Waals surface area (Å²) in [6.07, 6.45) is 0.915. The lowest BCUT2D eigenvalue weighted by Crippen LogP contribution is -2.66. The Labute approximate surface area is 304 Å². The second-order valence-corrected chi connectivity index (χ2v) is 14.3. The first kappa shape index (κ1) is 41.0. The van der Waals surface area contributed by atoms with Gasteiger partial charge in [0.15, 0.2) is 12.4 Å². The van der Waals surface area contributed by atoms with Gasteiger partial charge in [-0.15, -0.1) is 6.58 Å². The topological polar surface area (TPSA) is 122 Å². The van der Waals surface area contributed by atoms with E-state index in [1.807, 2.05) is 60.7 Å². The fourth-order valence-corrected chi connectivity index (χ4v) is 5.40. The highest BCUT2D eigenvalue weighted by Gasteiger charge is 2.49. The van der Waals surface area contributed by atoms with Crippen LogP contribution in [0.2, 0.25) is 0 Å². The van der Waals surface area contributed by atoms with Gasteiger partial charge in [0, 0.05) is 0 Å². The van der Waals surface area contributed by atoms with Crippen LogP contribution in [0.4, 0.5) is 4.79 Å². The Bertz CT molecular complexity index is 1240. The molecule has 1 aliphatic rings. The molecule has 0 unspecified atom stereocenters. The Balaban J connectivity index is 1.77. The Morgan fingerprint density at radius 3 is 2.29 bits per heavy atom. The molecule has 0 bridgehead atoms. The van der Waals surface area contributed by atoms with Crippen LogP contribution in [-0.2, 0) is 46.4 Å². The maximum atomic E-state index is 13.6. The van der Waals surface area contributed by atoms with Gasteiger partial charge >= 0.3 is 12.1 Å². The molecule has 10 nitrogen and oxygen atoms in total. The van der Waals surface area contributed by atoms with Crippen LogP contribution < -0.4 is 5.32 Å². The van der Waals surface area contributed by atoms with E-state index < -0.39 is 59.2 Å². The standard InChI is InChI=1S/C36H48Cl3NO9/c1-3-5-6-7-14-19-28(46-23-27-17-12-9-13-18-27)21-30(41)49-33-31(40-35(43)47-25-36(37,38)39)34(45-20-4-2)48-29(32(33)42)24-44-22-26-15-10-8-11-16-26/h4,8-13,15-18,28-29,31-34,42H,2-3,5-7,14,19-25H2,1H3,(H,40,43)/t28-,29-,31-,32-,33-,34+/m1/s1. The van der Waals surface area contributed by atoms with E-state index in [4.69, 9.17) is 63.2 Å². The van der Waals surface area contributed by atoms with Crippen LogP contribution in [0.5, 0.6) is 0 Å². The van der Waals surface area contributed by atoms with Gasteiger partial charge in [0.25, 0.3) is 0 Å². The minimum atomic E-state index is -1.86. The second-order valence-electron chi connectivity index (χ2n) is 11.8. The number of halogens is 3. The summed E-state index contributed by atoms with van der Waals surface area (Å²) in [5.41, 5.74) is 1.90. The van der Waals surface area contributed by atoms with E-state index >= 15 is 0 Å². The molecule has 272 valence electrons. The van der Waals surface area contributed by atoms with Crippen LogP contribution in [0.15, 0.2) is 73.3 Å². The predicted molar refractivity (Wildman–Crippen MR) is 188 cm³/mol. The van der Waals surface area contributed by atoms with Gasteiger partial charge in [-0.05, 0) is 17.5 Å². The highest BCUT2D eigenvalue weighted by atomic mass is 35.6. The molecule has 1 fully saturated rings. The summed E-state index contributed by atoms with van der Waals surface area (Å²) < 4.78 is 33.1. The van der Waals surface area contributed by atoms with Crippen molar-refractivity contribution in [3.63, 3.8) is 0 Å². The number of hydrogen-bond acceptors (Lipinski definition) is 9. The Kier molecular flexibility index (Phi) is 18.8. The summed E-state index contributed by atoms with van der Waals surface area (Å²) in [4.78, 5) is 26.4. The zero-order valence-electron chi connectivity index (χ0n) is 27.9. The molecule has 2 N–H and O–H groups in total. The summed E-state index contributed by atoms with van der Waals surface area (Å²) in [5.74, 6) is -0.634. The molecule has 6 atom stereocenters. The smallest absolute Gasteiger partial charge is 0.407 e. The maximum absolute atomic E-state index is 13.6. The maximum Gasteiger partial charge on any atom is 0.407 e. The lowest BCUT2D eigenvalue weighted by molar-refractivity contribution is -0.273. The molecule has 0 spiro atoms. The van der Waals surface area contributed by atoms with E-state index in [1.165, 1.54) is 6.08 Å². The number of hydrogen-bond donors (Lipinski definition) is 2. The number of nitrogens with one attached hydrogen (secondary N) is 1. The molecule has 1 heterocycles. The number of aliphatic hydroxyl groups excluding tert-OH is 1. The van der Waals surface area contributed by atoms with E-state index in [9.17, 15) is 14.7 Å². The van der Waals surface area contributed by atoms with Crippen LogP contribution in [-0.4, -0.2) is 77.5 Å². The Hall–Kier alpha value is -2.41. The summed E-state index contributed by atoms with van der Waals surface area (Å²) in [6, 6.07) is 18.0. The number of alkyl carbamates (subject to hydrolysis) is 1. The molecule has 49 heavy (non-hydrogen) atoms. The number of carbonyl (C=O) groups is 2. The largest absolute Gasteiger partial charge is 0.457 e. The molecule has 3 rings (SSSR count). The van der Waals surface area contributed by atoms with Gasteiger partial charge in [0.2, 0.25) is 3.79 Å². The zero-order chi connectivity index (χ0) is 35.5. The molecule has 1 saturated heterocycles. The third-order valence-electron chi connectivity index (χ3n) is 7.72. The molecule has 13 heteroatoms. The number of esters is 1. The number of aliphatic hydroxyl groups is 1. The minimum Gasteiger partial charge on any atom is -0.457 e. The molecular weight excluding hydrogens is 697 g/mol. The fourth-order valence-electron chi connectivity index (χ4n) is 5.24. The van der Waals surface area contributed by atoms with Gasteiger partial charge in [-0.2, -0.15) is 0 Å². The van der Waals surface area contributed by atoms with Gasteiger partial charge in [-0.25, -0.2) is 4.79 Å². The number of ether oxygens (including phenoxy) is 6. The second kappa shape index (κ2) is 22.4. The van der Waals surface area contributed by atoms with Gasteiger partial charge in [-0.3, -0.25) is 4.79 Å². The quantitative estimate of drug-likeness (QED) is 0.0592. The monoisotopic (exact) mass is 743 g/mol.